The van der Waals surface area contributed by atoms with Gasteiger partial charge in [0.2, 0.25) is 0 Å². The lowest BCUT2D eigenvalue weighted by molar-refractivity contribution is 0.0956. The summed E-state index contributed by atoms with van der Waals surface area (Å²) in [5.41, 5.74) is 5.63. The second-order valence-electron chi connectivity index (χ2n) is 6.44. The van der Waals surface area contributed by atoms with Gasteiger partial charge in [-0.3, -0.25) is 9.59 Å². The van der Waals surface area contributed by atoms with Crippen molar-refractivity contribution in [2.24, 2.45) is 5.10 Å². The summed E-state index contributed by atoms with van der Waals surface area (Å²) in [6.07, 6.45) is 1.57. The molecule has 0 unspecified atom stereocenters. The highest BCUT2D eigenvalue weighted by molar-refractivity contribution is 6.09. The molecule has 3 aromatic rings. The maximum absolute atomic E-state index is 12.5. The topological polar surface area (TPSA) is 83.7 Å². The molecule has 0 saturated heterocycles. The second-order valence-corrected chi connectivity index (χ2v) is 6.44. The first-order valence-electron chi connectivity index (χ1n) is 8.81. The molecule has 2 N–H and O–H groups in total. The molecule has 2 amide bonds. The maximum Gasteiger partial charge on any atom is 0.273 e. The van der Waals surface area contributed by atoms with Gasteiger partial charge in [0.1, 0.15) is 11.5 Å². The van der Waals surface area contributed by atoms with Crippen LogP contribution in [0.3, 0.4) is 0 Å². The van der Waals surface area contributed by atoms with E-state index >= 15 is 0 Å². The molecular formula is C22H21N3O3. The van der Waals surface area contributed by atoms with Gasteiger partial charge in [0.05, 0.1) is 23.0 Å². The Hall–Kier alpha value is -3.67. The largest absolute Gasteiger partial charge is 0.466 e. The number of aryl methyl sites for hydroxylation is 3. The minimum absolute atomic E-state index is 0.315. The summed E-state index contributed by atoms with van der Waals surface area (Å²) in [4.78, 5) is 25.0. The molecular weight excluding hydrogens is 354 g/mol. The summed E-state index contributed by atoms with van der Waals surface area (Å²) in [7, 11) is 0. The second kappa shape index (κ2) is 8.35. The Kier molecular flexibility index (Phi) is 5.69. The summed E-state index contributed by atoms with van der Waals surface area (Å²) in [6.45, 7) is 5.48. The summed E-state index contributed by atoms with van der Waals surface area (Å²) in [6, 6.07) is 16.2. The zero-order chi connectivity index (χ0) is 20.1. The fourth-order valence-electron chi connectivity index (χ4n) is 2.81. The van der Waals surface area contributed by atoms with Crippen molar-refractivity contribution in [1.82, 2.24) is 5.43 Å². The van der Waals surface area contributed by atoms with E-state index in [-0.39, 0.29) is 5.91 Å². The van der Waals surface area contributed by atoms with E-state index in [1.165, 1.54) is 0 Å². The number of furan rings is 1. The van der Waals surface area contributed by atoms with Gasteiger partial charge in [-0.1, -0.05) is 42.0 Å². The van der Waals surface area contributed by atoms with E-state index in [9.17, 15) is 9.59 Å². The zero-order valence-corrected chi connectivity index (χ0v) is 15.9. The Morgan fingerprint density at radius 2 is 1.71 bits per heavy atom. The average molecular weight is 375 g/mol. The summed E-state index contributed by atoms with van der Waals surface area (Å²) in [5.74, 6) is 0.427. The van der Waals surface area contributed by atoms with Gasteiger partial charge in [-0.15, -0.1) is 0 Å². The highest BCUT2D eigenvalue weighted by Crippen LogP contribution is 2.19. The number of nitrogens with one attached hydrogen (secondary N) is 2. The van der Waals surface area contributed by atoms with Gasteiger partial charge in [-0.25, -0.2) is 5.43 Å². The first-order chi connectivity index (χ1) is 13.4. The first kappa shape index (κ1) is 19.1. The first-order valence-corrected chi connectivity index (χ1v) is 8.81. The molecule has 6 nitrogen and oxygen atoms in total. The third kappa shape index (κ3) is 4.54. The Balaban J connectivity index is 1.73. The molecule has 28 heavy (non-hydrogen) atoms. The van der Waals surface area contributed by atoms with E-state index in [1.54, 1.807) is 50.4 Å². The molecule has 6 heteroatoms. The maximum atomic E-state index is 12.5. The van der Waals surface area contributed by atoms with Crippen LogP contribution in [0.25, 0.3) is 0 Å². The predicted octanol–water partition coefficient (Wildman–Crippen LogP) is 4.22. The molecule has 0 fully saturated rings. The van der Waals surface area contributed by atoms with Gasteiger partial charge in [0, 0.05) is 0 Å². The number of nitrogens with zero attached hydrogens (tertiary/aromatic N) is 1. The highest BCUT2D eigenvalue weighted by atomic mass is 16.3. The van der Waals surface area contributed by atoms with Crippen molar-refractivity contribution in [3.8, 4) is 0 Å². The van der Waals surface area contributed by atoms with Crippen LogP contribution in [-0.4, -0.2) is 18.0 Å². The number of amides is 2. The molecule has 2 aromatic carbocycles. The summed E-state index contributed by atoms with van der Waals surface area (Å²) >= 11 is 0. The number of benzene rings is 2. The molecule has 0 atom stereocenters. The van der Waals surface area contributed by atoms with Gasteiger partial charge in [-0.2, -0.15) is 5.10 Å². The van der Waals surface area contributed by atoms with E-state index in [1.807, 2.05) is 31.2 Å². The molecule has 0 aliphatic carbocycles. The van der Waals surface area contributed by atoms with Gasteiger partial charge in [-0.05, 0) is 44.5 Å². The van der Waals surface area contributed by atoms with E-state index in [4.69, 9.17) is 4.42 Å². The van der Waals surface area contributed by atoms with Crippen LogP contribution in [0.2, 0.25) is 0 Å². The fourth-order valence-corrected chi connectivity index (χ4v) is 2.81. The third-order valence-corrected chi connectivity index (χ3v) is 4.13. The van der Waals surface area contributed by atoms with E-state index < -0.39 is 5.91 Å². The van der Waals surface area contributed by atoms with Crippen molar-refractivity contribution in [3.63, 3.8) is 0 Å². The molecule has 0 bridgehead atoms. The van der Waals surface area contributed by atoms with Crippen LogP contribution in [0.4, 0.5) is 5.69 Å². The lowest BCUT2D eigenvalue weighted by Gasteiger charge is -2.09. The standard InChI is InChI=1S/C22H21N3O3/c1-14-7-6-8-17(11-14)13-23-25-22(27)18-9-4-5-10-20(18)24-21(26)19-12-15(2)28-16(19)3/h4-13H,1-3H3,(H,24,26)(H,25,27). The molecule has 0 aliphatic rings. The average Bonchev–Trinajstić information content (AvgIpc) is 3.00. The summed E-state index contributed by atoms with van der Waals surface area (Å²) < 4.78 is 5.40. The Morgan fingerprint density at radius 1 is 0.929 bits per heavy atom. The van der Waals surface area contributed by atoms with Gasteiger partial charge >= 0.3 is 0 Å². The number of carbonyl (C=O) groups is 2. The molecule has 0 aliphatic heterocycles. The number of carbonyl (C=O) groups excluding carboxylic acids is 2. The normalized spacial score (nSPS) is 10.8. The lowest BCUT2D eigenvalue weighted by Crippen LogP contribution is -2.21. The highest BCUT2D eigenvalue weighted by Gasteiger charge is 2.17. The fraction of sp³-hybridized carbons (Fsp3) is 0.136. The van der Waals surface area contributed by atoms with Crippen LogP contribution in [-0.2, 0) is 0 Å². The van der Waals surface area contributed by atoms with Crippen LogP contribution < -0.4 is 10.7 Å². The van der Waals surface area contributed by atoms with Crippen molar-refractivity contribution < 1.29 is 14.0 Å². The van der Waals surface area contributed by atoms with Crippen molar-refractivity contribution in [2.75, 3.05) is 5.32 Å². The molecule has 3 rings (SSSR count). The van der Waals surface area contributed by atoms with Crippen molar-refractivity contribution in [1.29, 1.82) is 0 Å². The number of anilines is 1. The predicted molar refractivity (Wildman–Crippen MR) is 109 cm³/mol. The SMILES string of the molecule is Cc1cccc(C=NNC(=O)c2ccccc2NC(=O)c2cc(C)oc2C)c1. The number of hydrogen-bond donors (Lipinski definition) is 2. The lowest BCUT2D eigenvalue weighted by atomic mass is 10.1. The van der Waals surface area contributed by atoms with Gasteiger partial charge < -0.3 is 9.73 Å². The smallest absolute Gasteiger partial charge is 0.273 e. The number of hydrogen-bond acceptors (Lipinski definition) is 4. The monoisotopic (exact) mass is 375 g/mol. The van der Waals surface area contributed by atoms with Crippen LogP contribution >= 0.6 is 0 Å². The van der Waals surface area contributed by atoms with Crippen LogP contribution in [0.5, 0.6) is 0 Å². The van der Waals surface area contributed by atoms with Crippen molar-refractivity contribution >= 4 is 23.7 Å². The van der Waals surface area contributed by atoms with Crippen molar-refractivity contribution in [2.45, 2.75) is 20.8 Å². The number of hydrazone groups is 1. The van der Waals surface area contributed by atoms with Gasteiger partial charge in [0.15, 0.2) is 0 Å². The van der Waals surface area contributed by atoms with E-state index in [0.29, 0.717) is 28.3 Å². The number of para-hydroxylation sites is 1. The zero-order valence-electron chi connectivity index (χ0n) is 15.9. The molecule has 1 heterocycles. The van der Waals surface area contributed by atoms with Crippen LogP contribution in [0.1, 0.15) is 43.4 Å². The molecule has 0 spiro atoms. The molecule has 0 radical (unpaired) electrons. The van der Waals surface area contributed by atoms with E-state index in [0.717, 1.165) is 11.1 Å². The minimum Gasteiger partial charge on any atom is -0.466 e. The van der Waals surface area contributed by atoms with Crippen LogP contribution in [0, 0.1) is 20.8 Å². The quantitative estimate of drug-likeness (QED) is 0.517. The number of rotatable bonds is 5. The molecule has 1 aromatic heterocycles. The van der Waals surface area contributed by atoms with Gasteiger partial charge in [0.25, 0.3) is 11.8 Å². The van der Waals surface area contributed by atoms with Crippen molar-refractivity contribution in [3.05, 3.63) is 88.4 Å². The Labute approximate surface area is 163 Å². The third-order valence-electron chi connectivity index (χ3n) is 4.13. The Morgan fingerprint density at radius 3 is 2.43 bits per heavy atom. The van der Waals surface area contributed by atoms with E-state index in [2.05, 4.69) is 15.8 Å². The molecule has 0 saturated carbocycles. The Bertz CT molecular complexity index is 1050. The summed E-state index contributed by atoms with van der Waals surface area (Å²) in [5, 5.41) is 6.77. The molecule has 142 valence electrons. The minimum atomic E-state index is -0.417. The van der Waals surface area contributed by atoms with Crippen LogP contribution in [0.15, 0.2) is 64.1 Å².